The molecule has 7 heteroatoms. The predicted molar refractivity (Wildman–Crippen MR) is 77.6 cm³/mol. The topological polar surface area (TPSA) is 92.6 Å². The number of aromatic nitrogens is 4. The van der Waals surface area contributed by atoms with Crippen LogP contribution < -0.4 is 10.5 Å². The molecule has 0 saturated carbocycles. The van der Waals surface area contributed by atoms with E-state index in [1.54, 1.807) is 31.5 Å². The molecule has 0 saturated heterocycles. The second-order valence-corrected chi connectivity index (χ2v) is 4.61. The molecular formula is C13H12ClN5O. The Morgan fingerprint density at radius 2 is 2.10 bits per heavy atom. The van der Waals surface area contributed by atoms with Gasteiger partial charge in [-0.15, -0.1) is 0 Å². The zero-order chi connectivity index (χ0) is 14.1. The summed E-state index contributed by atoms with van der Waals surface area (Å²) < 4.78 is 5.37. The molecule has 0 spiro atoms. The van der Waals surface area contributed by atoms with E-state index < -0.39 is 0 Å². The number of nitrogens with one attached hydrogen (secondary N) is 2. The number of anilines is 1. The highest BCUT2D eigenvalue weighted by molar-refractivity contribution is 6.31. The van der Waals surface area contributed by atoms with Gasteiger partial charge in [-0.1, -0.05) is 11.6 Å². The van der Waals surface area contributed by atoms with Gasteiger partial charge in [-0.05, 0) is 24.3 Å². The van der Waals surface area contributed by atoms with E-state index in [0.717, 1.165) is 22.5 Å². The Bertz CT molecular complexity index is 735. The quantitative estimate of drug-likeness (QED) is 0.691. The molecule has 0 aliphatic heterocycles. The maximum absolute atomic E-state index is 6.07. The number of nitrogen functional groups attached to an aromatic ring is 1. The van der Waals surface area contributed by atoms with Crippen molar-refractivity contribution in [2.45, 2.75) is 0 Å². The molecule has 1 aromatic carbocycles. The van der Waals surface area contributed by atoms with Gasteiger partial charge in [0, 0.05) is 16.8 Å². The molecule has 20 heavy (non-hydrogen) atoms. The summed E-state index contributed by atoms with van der Waals surface area (Å²) in [6.07, 6.45) is 1.66. The van der Waals surface area contributed by atoms with Crippen molar-refractivity contribution in [2.75, 3.05) is 12.8 Å². The van der Waals surface area contributed by atoms with Crippen LogP contribution in [-0.4, -0.2) is 27.5 Å². The summed E-state index contributed by atoms with van der Waals surface area (Å²) in [7, 11) is 1.60. The van der Waals surface area contributed by atoms with Crippen LogP contribution in [0.25, 0.3) is 22.5 Å². The molecule has 3 rings (SSSR count). The third-order valence-electron chi connectivity index (χ3n) is 3.00. The van der Waals surface area contributed by atoms with E-state index in [0.29, 0.717) is 16.6 Å². The fraction of sp³-hybridized carbons (Fsp3) is 0.0769. The summed E-state index contributed by atoms with van der Waals surface area (Å²) in [6.45, 7) is 0. The zero-order valence-electron chi connectivity index (χ0n) is 10.6. The Labute approximate surface area is 119 Å². The van der Waals surface area contributed by atoms with E-state index in [1.165, 1.54) is 0 Å². The Morgan fingerprint density at radius 1 is 1.25 bits per heavy atom. The molecule has 0 aliphatic carbocycles. The average Bonchev–Trinajstić information content (AvgIpc) is 3.07. The lowest BCUT2D eigenvalue weighted by Crippen LogP contribution is -1.93. The Balaban J connectivity index is 2.25. The zero-order valence-corrected chi connectivity index (χ0v) is 11.4. The molecule has 2 heterocycles. The molecular weight excluding hydrogens is 278 g/mol. The lowest BCUT2D eigenvalue weighted by Gasteiger charge is -2.09. The standard InChI is InChI=1S/C13H12ClN5O/c1-20-10-3-2-7(14)6-8(10)11-12(18-19-13(11)15)9-4-5-16-17-9/h2-6H,1H3,(H,16,17)(H3,15,18,19). The second kappa shape index (κ2) is 4.90. The number of nitrogens with zero attached hydrogens (tertiary/aromatic N) is 2. The van der Waals surface area contributed by atoms with Crippen LogP contribution in [0.15, 0.2) is 30.5 Å². The van der Waals surface area contributed by atoms with E-state index in [9.17, 15) is 0 Å². The van der Waals surface area contributed by atoms with Crippen molar-refractivity contribution < 1.29 is 4.74 Å². The Hall–Kier alpha value is -2.47. The number of methoxy groups -OCH3 is 1. The number of hydrogen-bond donors (Lipinski definition) is 3. The summed E-state index contributed by atoms with van der Waals surface area (Å²) in [5.41, 5.74) is 9.00. The van der Waals surface area contributed by atoms with Crippen molar-refractivity contribution in [1.82, 2.24) is 20.4 Å². The van der Waals surface area contributed by atoms with Crippen LogP contribution in [0.1, 0.15) is 0 Å². The third kappa shape index (κ3) is 2.00. The van der Waals surface area contributed by atoms with Gasteiger partial charge in [-0.2, -0.15) is 10.2 Å². The molecule has 0 unspecified atom stereocenters. The van der Waals surface area contributed by atoms with Crippen LogP contribution in [0, 0.1) is 0 Å². The van der Waals surface area contributed by atoms with Gasteiger partial charge in [0.1, 0.15) is 5.75 Å². The molecule has 0 bridgehead atoms. The van der Waals surface area contributed by atoms with E-state index >= 15 is 0 Å². The number of benzene rings is 1. The average molecular weight is 290 g/mol. The fourth-order valence-corrected chi connectivity index (χ4v) is 2.27. The van der Waals surface area contributed by atoms with Gasteiger partial charge in [0.15, 0.2) is 5.82 Å². The summed E-state index contributed by atoms with van der Waals surface area (Å²) in [4.78, 5) is 0. The SMILES string of the molecule is COc1ccc(Cl)cc1-c1c(N)n[nH]c1-c1ccn[nH]1. The first-order valence-corrected chi connectivity index (χ1v) is 6.26. The van der Waals surface area contributed by atoms with Gasteiger partial charge in [-0.25, -0.2) is 0 Å². The normalized spacial score (nSPS) is 10.7. The van der Waals surface area contributed by atoms with E-state index in [4.69, 9.17) is 22.1 Å². The van der Waals surface area contributed by atoms with Crippen molar-refractivity contribution in [3.05, 3.63) is 35.5 Å². The third-order valence-corrected chi connectivity index (χ3v) is 3.23. The van der Waals surface area contributed by atoms with Gasteiger partial charge >= 0.3 is 0 Å². The molecule has 0 aliphatic rings. The van der Waals surface area contributed by atoms with Gasteiger partial charge in [0.25, 0.3) is 0 Å². The Kier molecular flexibility index (Phi) is 3.08. The summed E-state index contributed by atoms with van der Waals surface area (Å²) >= 11 is 6.07. The minimum atomic E-state index is 0.371. The molecule has 0 amide bonds. The first-order valence-electron chi connectivity index (χ1n) is 5.88. The van der Waals surface area contributed by atoms with Crippen LogP contribution in [0.5, 0.6) is 5.75 Å². The van der Waals surface area contributed by atoms with Crippen molar-refractivity contribution >= 4 is 17.4 Å². The lowest BCUT2D eigenvalue weighted by molar-refractivity contribution is 0.416. The van der Waals surface area contributed by atoms with Gasteiger partial charge in [0.05, 0.1) is 24.1 Å². The molecule has 0 fully saturated rings. The highest BCUT2D eigenvalue weighted by atomic mass is 35.5. The monoisotopic (exact) mass is 289 g/mol. The number of nitrogens with two attached hydrogens (primary N) is 1. The van der Waals surface area contributed by atoms with Gasteiger partial charge < -0.3 is 10.5 Å². The number of halogens is 1. The van der Waals surface area contributed by atoms with Crippen LogP contribution in [0.2, 0.25) is 5.02 Å². The lowest BCUT2D eigenvalue weighted by atomic mass is 10.0. The fourth-order valence-electron chi connectivity index (χ4n) is 2.09. The summed E-state index contributed by atoms with van der Waals surface area (Å²) in [5.74, 6) is 1.04. The van der Waals surface area contributed by atoms with Gasteiger partial charge in [-0.3, -0.25) is 10.2 Å². The van der Waals surface area contributed by atoms with E-state index in [1.807, 2.05) is 6.07 Å². The molecule has 6 nitrogen and oxygen atoms in total. The number of aromatic amines is 2. The molecule has 102 valence electrons. The van der Waals surface area contributed by atoms with Crippen molar-refractivity contribution in [1.29, 1.82) is 0 Å². The molecule has 3 aromatic rings. The van der Waals surface area contributed by atoms with Crippen LogP contribution in [0.3, 0.4) is 0 Å². The van der Waals surface area contributed by atoms with Crippen LogP contribution in [0.4, 0.5) is 5.82 Å². The molecule has 0 atom stereocenters. The smallest absolute Gasteiger partial charge is 0.153 e. The maximum atomic E-state index is 6.07. The van der Waals surface area contributed by atoms with E-state index in [-0.39, 0.29) is 0 Å². The van der Waals surface area contributed by atoms with Crippen molar-refractivity contribution in [2.24, 2.45) is 0 Å². The van der Waals surface area contributed by atoms with Crippen molar-refractivity contribution in [3.63, 3.8) is 0 Å². The van der Waals surface area contributed by atoms with E-state index in [2.05, 4.69) is 20.4 Å². The second-order valence-electron chi connectivity index (χ2n) is 4.17. The highest BCUT2D eigenvalue weighted by Crippen LogP contribution is 2.40. The number of ether oxygens (including phenoxy) is 1. The highest BCUT2D eigenvalue weighted by Gasteiger charge is 2.19. The number of H-pyrrole nitrogens is 2. The first-order chi connectivity index (χ1) is 9.70. The van der Waals surface area contributed by atoms with Gasteiger partial charge in [0.2, 0.25) is 0 Å². The molecule has 2 aromatic heterocycles. The minimum Gasteiger partial charge on any atom is -0.496 e. The first kappa shape index (κ1) is 12.6. The summed E-state index contributed by atoms with van der Waals surface area (Å²) in [5, 5.41) is 14.4. The van der Waals surface area contributed by atoms with Crippen LogP contribution >= 0.6 is 11.6 Å². The van der Waals surface area contributed by atoms with Crippen molar-refractivity contribution in [3.8, 4) is 28.3 Å². The number of hydrogen-bond acceptors (Lipinski definition) is 4. The maximum Gasteiger partial charge on any atom is 0.153 e. The summed E-state index contributed by atoms with van der Waals surface area (Å²) in [6, 6.07) is 7.17. The number of rotatable bonds is 3. The molecule has 0 radical (unpaired) electrons. The molecule has 4 N–H and O–H groups in total. The Morgan fingerprint density at radius 3 is 2.80 bits per heavy atom. The minimum absolute atomic E-state index is 0.371. The largest absolute Gasteiger partial charge is 0.496 e. The van der Waals surface area contributed by atoms with Crippen LogP contribution in [-0.2, 0) is 0 Å². The predicted octanol–water partition coefficient (Wildman–Crippen LogP) is 2.71.